The molecule has 9 heteroatoms. The third-order valence-corrected chi connectivity index (χ3v) is 4.31. The maximum atomic E-state index is 12.3. The number of ether oxygens (including phenoxy) is 2. The molecule has 0 heterocycles. The number of phenolic OH excluding ortho intramolecular Hbond substituents is 2. The number of aromatic hydroxyl groups is 2. The predicted molar refractivity (Wildman–Crippen MR) is 87.2 cm³/mol. The Morgan fingerprint density at radius 1 is 1.04 bits per heavy atom. The minimum atomic E-state index is -3.96. The van der Waals surface area contributed by atoms with Gasteiger partial charge in [-0.3, -0.25) is 0 Å². The first kappa shape index (κ1) is 17.4. The summed E-state index contributed by atoms with van der Waals surface area (Å²) in [6, 6.07) is 8.22. The summed E-state index contributed by atoms with van der Waals surface area (Å²) in [6.45, 7) is 0. The quantitative estimate of drug-likeness (QED) is 0.411. The summed E-state index contributed by atoms with van der Waals surface area (Å²) < 4.78 is 34.6. The fraction of sp³-hybridized carbons (Fsp3) is 0.133. The molecule has 0 aromatic heterocycles. The van der Waals surface area contributed by atoms with Crippen LogP contribution in [0, 0.1) is 0 Å². The van der Waals surface area contributed by atoms with Crippen molar-refractivity contribution in [3.63, 3.8) is 0 Å². The van der Waals surface area contributed by atoms with Crippen LogP contribution < -0.4 is 14.3 Å². The van der Waals surface area contributed by atoms with E-state index in [4.69, 9.17) is 9.47 Å². The molecule has 0 aliphatic heterocycles. The van der Waals surface area contributed by atoms with Crippen LogP contribution in [-0.4, -0.2) is 39.1 Å². The van der Waals surface area contributed by atoms with Gasteiger partial charge in [0, 0.05) is 6.07 Å². The Balaban J connectivity index is 2.22. The summed E-state index contributed by atoms with van der Waals surface area (Å²) in [4.78, 5) is 1.95. The number of nitrogens with one attached hydrogen (secondary N) is 1. The summed E-state index contributed by atoms with van der Waals surface area (Å²) in [5, 5.41) is 22.2. The molecule has 0 saturated carbocycles. The summed E-state index contributed by atoms with van der Waals surface area (Å²) >= 11 is 0. The molecule has 0 aliphatic carbocycles. The van der Waals surface area contributed by atoms with Crippen LogP contribution in [0.2, 0.25) is 0 Å². The van der Waals surface area contributed by atoms with E-state index in [9.17, 15) is 18.6 Å². The van der Waals surface area contributed by atoms with Crippen LogP contribution in [0.15, 0.2) is 46.4 Å². The van der Waals surface area contributed by atoms with Crippen LogP contribution >= 0.6 is 0 Å². The highest BCUT2D eigenvalue weighted by Gasteiger charge is 2.19. The molecule has 0 aliphatic rings. The normalized spacial score (nSPS) is 11.4. The lowest BCUT2D eigenvalue weighted by Crippen LogP contribution is -2.19. The Morgan fingerprint density at radius 2 is 1.79 bits per heavy atom. The number of nitrogens with zero attached hydrogens (tertiary/aromatic N) is 1. The number of methoxy groups -OCH3 is 2. The average Bonchev–Trinajstić information content (AvgIpc) is 2.57. The van der Waals surface area contributed by atoms with Gasteiger partial charge in [0.05, 0.1) is 20.4 Å². The lowest BCUT2D eigenvalue weighted by molar-refractivity contribution is 0.386. The summed E-state index contributed by atoms with van der Waals surface area (Å²) in [5.41, 5.74) is 0.398. The van der Waals surface area contributed by atoms with Crippen molar-refractivity contribution in [3.05, 3.63) is 42.0 Å². The number of phenols is 2. The minimum absolute atomic E-state index is 0.100. The molecule has 0 atom stereocenters. The largest absolute Gasteiger partial charge is 0.504 e. The molecule has 3 N–H and O–H groups in total. The van der Waals surface area contributed by atoms with Gasteiger partial charge in [-0.1, -0.05) is 0 Å². The molecule has 0 fully saturated rings. The maximum absolute atomic E-state index is 12.3. The molecule has 24 heavy (non-hydrogen) atoms. The smallest absolute Gasteiger partial charge is 0.280 e. The van der Waals surface area contributed by atoms with Crippen LogP contribution in [0.4, 0.5) is 0 Å². The van der Waals surface area contributed by atoms with Gasteiger partial charge in [-0.2, -0.15) is 18.4 Å². The van der Waals surface area contributed by atoms with Crippen molar-refractivity contribution < 1.29 is 28.1 Å². The van der Waals surface area contributed by atoms with Gasteiger partial charge >= 0.3 is 0 Å². The highest BCUT2D eigenvalue weighted by atomic mass is 32.2. The first-order chi connectivity index (χ1) is 11.4. The van der Waals surface area contributed by atoms with Gasteiger partial charge in [0.2, 0.25) is 0 Å². The topological polar surface area (TPSA) is 117 Å². The van der Waals surface area contributed by atoms with E-state index in [1.54, 1.807) is 0 Å². The number of rotatable bonds is 6. The van der Waals surface area contributed by atoms with Gasteiger partial charge < -0.3 is 19.7 Å². The monoisotopic (exact) mass is 352 g/mol. The van der Waals surface area contributed by atoms with Gasteiger partial charge in [-0.05, 0) is 35.9 Å². The number of hydrogen-bond acceptors (Lipinski definition) is 7. The van der Waals surface area contributed by atoms with Gasteiger partial charge in [0.15, 0.2) is 11.5 Å². The van der Waals surface area contributed by atoms with Crippen molar-refractivity contribution in [1.82, 2.24) is 4.83 Å². The standard InChI is InChI=1S/C15H16N2O6S/c1-22-11-4-6-15(14(8-11)23-2)24(20,21)17-16-9-10-3-5-12(18)13(19)7-10/h3-9,17-19H,1-2H3. The highest BCUT2D eigenvalue weighted by Crippen LogP contribution is 2.28. The zero-order chi connectivity index (χ0) is 17.7. The van der Waals surface area contributed by atoms with Gasteiger partial charge in [-0.15, -0.1) is 0 Å². The molecule has 0 saturated heterocycles. The third-order valence-electron chi connectivity index (χ3n) is 3.05. The first-order valence-corrected chi connectivity index (χ1v) is 8.14. The van der Waals surface area contributed by atoms with Crippen molar-refractivity contribution in [2.45, 2.75) is 4.90 Å². The van der Waals surface area contributed by atoms with E-state index in [2.05, 4.69) is 5.10 Å². The summed E-state index contributed by atoms with van der Waals surface area (Å²) in [7, 11) is -1.16. The predicted octanol–water partition coefficient (Wildman–Crippen LogP) is 1.43. The second-order valence-corrected chi connectivity index (χ2v) is 6.25. The van der Waals surface area contributed by atoms with Crippen LogP contribution in [0.3, 0.4) is 0 Å². The van der Waals surface area contributed by atoms with Crippen LogP contribution in [0.5, 0.6) is 23.0 Å². The second kappa shape index (κ2) is 7.09. The number of sulfonamides is 1. The Morgan fingerprint density at radius 3 is 2.42 bits per heavy atom. The second-order valence-electron chi connectivity index (χ2n) is 4.62. The van der Waals surface area contributed by atoms with Crippen molar-refractivity contribution in [1.29, 1.82) is 0 Å². The molecule has 0 radical (unpaired) electrons. The zero-order valence-electron chi connectivity index (χ0n) is 12.9. The van der Waals surface area contributed by atoms with E-state index in [-0.39, 0.29) is 22.1 Å². The fourth-order valence-corrected chi connectivity index (χ4v) is 2.78. The van der Waals surface area contributed by atoms with E-state index >= 15 is 0 Å². The lowest BCUT2D eigenvalue weighted by Gasteiger charge is -2.10. The van der Waals surface area contributed by atoms with E-state index in [0.29, 0.717) is 11.3 Å². The Kier molecular flexibility index (Phi) is 5.14. The van der Waals surface area contributed by atoms with E-state index < -0.39 is 10.0 Å². The molecule has 0 amide bonds. The molecule has 2 aromatic carbocycles. The molecule has 0 bridgehead atoms. The lowest BCUT2D eigenvalue weighted by atomic mass is 10.2. The van der Waals surface area contributed by atoms with Gasteiger partial charge in [-0.25, -0.2) is 0 Å². The molecule has 2 aromatic rings. The number of hydrogen-bond donors (Lipinski definition) is 3. The molecule has 8 nitrogen and oxygen atoms in total. The van der Waals surface area contributed by atoms with Crippen molar-refractivity contribution in [2.75, 3.05) is 14.2 Å². The number of hydrazone groups is 1. The SMILES string of the molecule is COc1ccc(S(=O)(=O)NN=Cc2ccc(O)c(O)c2)c(OC)c1. The van der Waals surface area contributed by atoms with Gasteiger partial charge in [0.1, 0.15) is 16.4 Å². The molecule has 128 valence electrons. The van der Waals surface area contributed by atoms with Crippen molar-refractivity contribution in [3.8, 4) is 23.0 Å². The average molecular weight is 352 g/mol. The summed E-state index contributed by atoms with van der Waals surface area (Å²) in [6.07, 6.45) is 1.19. The van der Waals surface area contributed by atoms with E-state index in [1.165, 1.54) is 56.8 Å². The zero-order valence-corrected chi connectivity index (χ0v) is 13.7. The maximum Gasteiger partial charge on any atom is 0.280 e. The first-order valence-electron chi connectivity index (χ1n) is 6.66. The third kappa shape index (κ3) is 3.87. The van der Waals surface area contributed by atoms with Crippen LogP contribution in [0.1, 0.15) is 5.56 Å². The van der Waals surface area contributed by atoms with Crippen molar-refractivity contribution >= 4 is 16.2 Å². The Labute approximate surface area is 139 Å². The van der Waals surface area contributed by atoms with Crippen LogP contribution in [-0.2, 0) is 10.0 Å². The summed E-state index contributed by atoms with van der Waals surface area (Å²) in [5.74, 6) is -0.0532. The fourth-order valence-electron chi connectivity index (χ4n) is 1.84. The molecule has 0 spiro atoms. The minimum Gasteiger partial charge on any atom is -0.504 e. The molecule has 0 unspecified atom stereocenters. The van der Waals surface area contributed by atoms with Crippen molar-refractivity contribution in [2.24, 2.45) is 5.10 Å². The highest BCUT2D eigenvalue weighted by molar-refractivity contribution is 7.89. The van der Waals surface area contributed by atoms with Crippen LogP contribution in [0.25, 0.3) is 0 Å². The van der Waals surface area contributed by atoms with E-state index in [1.807, 2.05) is 4.83 Å². The number of benzene rings is 2. The Bertz CT molecular complexity index is 864. The molecule has 2 rings (SSSR count). The molecular weight excluding hydrogens is 336 g/mol. The Hall–Kier alpha value is -2.94. The van der Waals surface area contributed by atoms with Gasteiger partial charge in [0.25, 0.3) is 10.0 Å². The molecular formula is C15H16N2O6S. The van der Waals surface area contributed by atoms with E-state index in [0.717, 1.165) is 0 Å².